The molecular weight excluding hydrogens is 244 g/mol. The van der Waals surface area contributed by atoms with Crippen molar-refractivity contribution in [3.05, 3.63) is 58.7 Å². The van der Waals surface area contributed by atoms with Gasteiger partial charge in [-0.2, -0.15) is 34.4 Å². The van der Waals surface area contributed by atoms with Gasteiger partial charge in [-0.3, -0.25) is 0 Å². The van der Waals surface area contributed by atoms with Gasteiger partial charge >= 0.3 is 26.8 Å². The third kappa shape index (κ3) is 5.64. The molecule has 2 radical (unpaired) electrons. The van der Waals surface area contributed by atoms with E-state index in [0.717, 1.165) is 0 Å². The summed E-state index contributed by atoms with van der Waals surface area (Å²) in [6.07, 6.45) is 0. The van der Waals surface area contributed by atoms with Crippen LogP contribution in [-0.2, 0) is 19.2 Å². The van der Waals surface area contributed by atoms with Crippen molar-refractivity contribution in [2.45, 2.75) is 27.7 Å². The van der Waals surface area contributed by atoms with Gasteiger partial charge in [-0.1, -0.05) is 27.7 Å². The van der Waals surface area contributed by atoms with E-state index in [4.69, 9.17) is 0 Å². The van der Waals surface area contributed by atoms with Crippen LogP contribution in [0.15, 0.2) is 36.4 Å². The second-order valence-corrected chi connectivity index (χ2v) is 3.78. The van der Waals surface area contributed by atoms with Crippen molar-refractivity contribution in [2.24, 2.45) is 0 Å². The molecule has 0 unspecified atom stereocenters. The minimum atomic E-state index is 1.39. The summed E-state index contributed by atoms with van der Waals surface area (Å²) < 4.78 is 0. The van der Waals surface area contributed by atoms with Crippen molar-refractivity contribution in [1.82, 2.24) is 0 Å². The van der Waals surface area contributed by atoms with Gasteiger partial charge in [0, 0.05) is 0 Å². The fourth-order valence-corrected chi connectivity index (χ4v) is 1.20. The number of hydrogen-bond acceptors (Lipinski definition) is 0. The summed E-state index contributed by atoms with van der Waals surface area (Å²) in [4.78, 5) is 0. The van der Waals surface area contributed by atoms with Gasteiger partial charge in [0.15, 0.2) is 0 Å². The molecule has 2 aromatic carbocycles. The van der Waals surface area contributed by atoms with Crippen molar-refractivity contribution in [2.75, 3.05) is 0 Å². The average molecular weight is 262 g/mol. The second kappa shape index (κ2) is 8.75. The summed E-state index contributed by atoms with van der Waals surface area (Å²) in [5, 5.41) is 0. The monoisotopic (exact) mass is 262 g/mol. The predicted octanol–water partition coefficient (Wildman–Crippen LogP) is 3.66. The van der Waals surface area contributed by atoms with Crippen LogP contribution in [0.1, 0.15) is 22.3 Å². The fourth-order valence-electron chi connectivity index (χ4n) is 1.20. The van der Waals surface area contributed by atoms with Gasteiger partial charge in [0.05, 0.1) is 0 Å². The molecule has 2 heteroatoms. The van der Waals surface area contributed by atoms with Gasteiger partial charge in [-0.25, -0.2) is 24.3 Å². The zero-order valence-corrected chi connectivity index (χ0v) is 13.0. The Bertz CT molecular complexity index is 327. The van der Waals surface area contributed by atoms with Gasteiger partial charge in [0.2, 0.25) is 0 Å². The Kier molecular flexibility index (Phi) is 8.54. The maximum atomic E-state index is 2.97. The van der Waals surface area contributed by atoms with E-state index in [9.17, 15) is 0 Å². The molecule has 0 fully saturated rings. The van der Waals surface area contributed by atoms with Gasteiger partial charge in [0.25, 0.3) is 0 Å². The first-order valence-corrected chi connectivity index (χ1v) is 8.08. The third-order valence-electron chi connectivity index (χ3n) is 2.63. The summed E-state index contributed by atoms with van der Waals surface area (Å²) in [5.41, 5.74) is 5.56. The molecule has 0 atom stereocenters. The molecule has 0 saturated heterocycles. The Morgan fingerprint density at radius 3 is 1.25 bits per heavy atom. The van der Waals surface area contributed by atoms with E-state index in [1.807, 2.05) is 0 Å². The van der Waals surface area contributed by atoms with Crippen LogP contribution in [-0.4, -0.2) is 7.63 Å². The van der Waals surface area contributed by atoms with E-state index >= 15 is 0 Å². The summed E-state index contributed by atoms with van der Waals surface area (Å²) >= 11 is 1.81. The van der Waals surface area contributed by atoms with Crippen LogP contribution >= 0.6 is 0 Å². The number of hydrogen-bond donors (Lipinski definition) is 0. The summed E-state index contributed by atoms with van der Waals surface area (Å²) in [6, 6.07) is 12.6. The molecule has 0 aliphatic heterocycles. The van der Waals surface area contributed by atoms with Crippen molar-refractivity contribution in [3.8, 4) is 0 Å². The van der Waals surface area contributed by atoms with Crippen LogP contribution in [0.25, 0.3) is 0 Å². The molecular formula is C14H18SiTi. The quantitative estimate of drug-likeness (QED) is 0.502. The molecule has 0 amide bonds. The van der Waals surface area contributed by atoms with E-state index in [0.29, 0.717) is 0 Å². The third-order valence-corrected chi connectivity index (χ3v) is 2.63. The molecule has 82 valence electrons. The van der Waals surface area contributed by atoms with Crippen LogP contribution in [0.2, 0.25) is 0 Å². The molecule has 16 heavy (non-hydrogen) atoms. The minimum absolute atomic E-state index is 1.39. The molecule has 0 nitrogen and oxygen atoms in total. The first kappa shape index (κ1) is 15.6. The normalized spacial score (nSPS) is 8.62. The summed E-state index contributed by atoms with van der Waals surface area (Å²) in [6.45, 7) is 8.48. The number of rotatable bonds is 0. The average Bonchev–Trinajstić information content (AvgIpc) is 2.83. The predicted molar refractivity (Wildman–Crippen MR) is 68.8 cm³/mol. The molecule has 0 N–H and O–H groups in total. The molecule has 0 bridgehead atoms. The van der Waals surface area contributed by atoms with E-state index < -0.39 is 0 Å². The van der Waals surface area contributed by atoms with Gasteiger partial charge < -0.3 is 0 Å². The zero-order chi connectivity index (χ0) is 12.6. The second-order valence-electron chi connectivity index (χ2n) is 3.78. The molecule has 2 aromatic rings. The van der Waals surface area contributed by atoms with Gasteiger partial charge in [0.1, 0.15) is 0 Å². The first-order valence-electron chi connectivity index (χ1n) is 5.24. The van der Waals surface area contributed by atoms with Crippen molar-refractivity contribution >= 4 is 7.63 Å². The van der Waals surface area contributed by atoms with Crippen LogP contribution in [0, 0.1) is 27.7 Å². The van der Waals surface area contributed by atoms with Crippen LogP contribution < -0.4 is 0 Å². The number of aryl methyl sites for hydroxylation is 4. The van der Waals surface area contributed by atoms with E-state index in [2.05, 4.69) is 71.7 Å². The summed E-state index contributed by atoms with van der Waals surface area (Å²) in [7, 11) is 2.97. The van der Waals surface area contributed by atoms with Crippen molar-refractivity contribution in [1.29, 1.82) is 0 Å². The summed E-state index contributed by atoms with van der Waals surface area (Å²) in [5.74, 6) is 0. The van der Waals surface area contributed by atoms with Gasteiger partial charge in [-0.05, 0) is 0 Å². The van der Waals surface area contributed by atoms with Crippen molar-refractivity contribution in [3.63, 3.8) is 0 Å². The zero-order valence-electron chi connectivity index (χ0n) is 10.5. The molecule has 0 spiro atoms. The van der Waals surface area contributed by atoms with Crippen LogP contribution in [0.5, 0.6) is 0 Å². The first-order chi connectivity index (χ1) is 7.61. The van der Waals surface area contributed by atoms with Crippen LogP contribution in [0.3, 0.4) is 0 Å². The topological polar surface area (TPSA) is 0 Å². The molecule has 0 saturated carbocycles. The Balaban J connectivity index is 0.000000244. The van der Waals surface area contributed by atoms with Crippen LogP contribution in [0.4, 0.5) is 0 Å². The van der Waals surface area contributed by atoms with E-state index in [1.54, 1.807) is 19.2 Å². The van der Waals surface area contributed by atoms with E-state index in [1.165, 1.54) is 22.3 Å². The Hall–Kier alpha value is -0.369. The molecule has 0 heterocycles. The standard InChI is InChI=1S/2C7H9.Si.Ti/c2*1-6-4-3-5-7(6)2;;/h2*3-5H,1-2H3;;/q2*-1;;+2. The Morgan fingerprint density at radius 2 is 1.19 bits per heavy atom. The molecule has 0 aliphatic rings. The maximum absolute atomic E-state index is 2.97. The Labute approximate surface area is 113 Å². The van der Waals surface area contributed by atoms with Crippen molar-refractivity contribution < 1.29 is 19.2 Å². The SMILES string of the molecule is Cc1ccc[c-]1C.Cc1ccc[c-]1C.[Si]=[Ti+2]. The van der Waals surface area contributed by atoms with Gasteiger partial charge in [-0.15, -0.1) is 0 Å². The molecule has 0 aromatic heterocycles. The Morgan fingerprint density at radius 1 is 0.875 bits per heavy atom. The molecule has 0 aliphatic carbocycles. The fraction of sp³-hybridized carbons (Fsp3) is 0.286. The van der Waals surface area contributed by atoms with E-state index in [-0.39, 0.29) is 0 Å². The molecule has 2 rings (SSSR count).